The van der Waals surface area contributed by atoms with Crippen LogP contribution in [0.3, 0.4) is 0 Å². The van der Waals surface area contributed by atoms with Gasteiger partial charge < -0.3 is 0 Å². The Bertz CT molecular complexity index is 780. The van der Waals surface area contributed by atoms with Gasteiger partial charge in [-0.15, -0.1) is 11.6 Å². The number of benzene rings is 3. The minimum atomic E-state index is -0.277. The molecule has 0 fully saturated rings. The van der Waals surface area contributed by atoms with Gasteiger partial charge >= 0.3 is 0 Å². The second-order valence-electron chi connectivity index (χ2n) is 4.98. The first-order valence-electron chi connectivity index (χ1n) is 6.71. The zero-order chi connectivity index (χ0) is 14.8. The quantitative estimate of drug-likeness (QED) is 0.481. The minimum absolute atomic E-state index is 0.267. The molecule has 0 aliphatic rings. The van der Waals surface area contributed by atoms with Gasteiger partial charge in [0, 0.05) is 4.47 Å². The summed E-state index contributed by atoms with van der Waals surface area (Å²) in [6.45, 7) is 0. The standard InChI is InChI=1S/C18H13BrClF/c19-17-9-8-14(21)11-16(17)18(20)10-13-6-3-5-12-4-1-2-7-15(12)13/h1-9,11,18H,10H2. The van der Waals surface area contributed by atoms with E-state index >= 15 is 0 Å². The van der Waals surface area contributed by atoms with Crippen molar-refractivity contribution in [2.75, 3.05) is 0 Å². The Morgan fingerprint density at radius 2 is 1.76 bits per heavy atom. The van der Waals surface area contributed by atoms with E-state index in [9.17, 15) is 4.39 Å². The first-order chi connectivity index (χ1) is 10.1. The molecular weight excluding hydrogens is 351 g/mol. The SMILES string of the molecule is Fc1ccc(Br)c(C(Cl)Cc2cccc3ccccc23)c1. The third-order valence-corrected chi connectivity index (χ3v) is 4.69. The molecule has 1 atom stereocenters. The van der Waals surface area contributed by atoms with Crippen LogP contribution in [-0.2, 0) is 6.42 Å². The molecule has 0 saturated carbocycles. The molecule has 0 aliphatic carbocycles. The zero-order valence-corrected chi connectivity index (χ0v) is 13.5. The van der Waals surface area contributed by atoms with E-state index in [4.69, 9.17) is 11.6 Å². The monoisotopic (exact) mass is 362 g/mol. The van der Waals surface area contributed by atoms with Crippen molar-refractivity contribution in [2.45, 2.75) is 11.8 Å². The normalized spacial score (nSPS) is 12.5. The average molecular weight is 364 g/mol. The smallest absolute Gasteiger partial charge is 0.123 e. The van der Waals surface area contributed by atoms with Gasteiger partial charge in [0.15, 0.2) is 0 Å². The summed E-state index contributed by atoms with van der Waals surface area (Å²) in [6.07, 6.45) is 0.658. The summed E-state index contributed by atoms with van der Waals surface area (Å²) in [5.74, 6) is -0.267. The van der Waals surface area contributed by atoms with Crippen molar-refractivity contribution in [1.29, 1.82) is 0 Å². The largest absolute Gasteiger partial charge is 0.207 e. The van der Waals surface area contributed by atoms with Gasteiger partial charge in [0.05, 0.1) is 5.38 Å². The lowest BCUT2D eigenvalue weighted by molar-refractivity contribution is 0.624. The predicted molar refractivity (Wildman–Crippen MR) is 90.3 cm³/mol. The van der Waals surface area contributed by atoms with E-state index < -0.39 is 0 Å². The Morgan fingerprint density at radius 1 is 1.00 bits per heavy atom. The van der Waals surface area contributed by atoms with Crippen molar-refractivity contribution in [3.63, 3.8) is 0 Å². The van der Waals surface area contributed by atoms with Gasteiger partial charge in [-0.3, -0.25) is 0 Å². The van der Waals surface area contributed by atoms with E-state index in [1.807, 2.05) is 18.2 Å². The van der Waals surface area contributed by atoms with Gasteiger partial charge in [0.2, 0.25) is 0 Å². The molecule has 0 radical (unpaired) electrons. The van der Waals surface area contributed by atoms with Gasteiger partial charge in [0.1, 0.15) is 5.82 Å². The lowest BCUT2D eigenvalue weighted by Gasteiger charge is -2.14. The zero-order valence-electron chi connectivity index (χ0n) is 11.2. The second kappa shape index (κ2) is 6.17. The Morgan fingerprint density at radius 3 is 2.62 bits per heavy atom. The van der Waals surface area contributed by atoms with E-state index in [0.29, 0.717) is 6.42 Å². The molecule has 0 aromatic heterocycles. The van der Waals surface area contributed by atoms with Crippen LogP contribution in [0.2, 0.25) is 0 Å². The van der Waals surface area contributed by atoms with Crippen LogP contribution in [0.4, 0.5) is 4.39 Å². The lowest BCUT2D eigenvalue weighted by Crippen LogP contribution is -1.98. The first kappa shape index (κ1) is 14.6. The molecule has 0 heterocycles. The fraction of sp³-hybridized carbons (Fsp3) is 0.111. The van der Waals surface area contributed by atoms with Gasteiger partial charge in [-0.05, 0) is 46.5 Å². The van der Waals surface area contributed by atoms with Crippen LogP contribution < -0.4 is 0 Å². The highest BCUT2D eigenvalue weighted by Crippen LogP contribution is 2.33. The highest BCUT2D eigenvalue weighted by atomic mass is 79.9. The Balaban J connectivity index is 1.96. The van der Waals surface area contributed by atoms with Gasteiger partial charge in [0.25, 0.3) is 0 Å². The number of hydrogen-bond acceptors (Lipinski definition) is 0. The fourth-order valence-corrected chi connectivity index (χ4v) is 3.53. The molecule has 0 N–H and O–H groups in total. The van der Waals surface area contributed by atoms with E-state index in [1.54, 1.807) is 6.07 Å². The summed E-state index contributed by atoms with van der Waals surface area (Å²) in [4.78, 5) is 0. The summed E-state index contributed by atoms with van der Waals surface area (Å²) in [7, 11) is 0. The Kier molecular flexibility index (Phi) is 4.27. The minimum Gasteiger partial charge on any atom is -0.207 e. The summed E-state index contributed by atoms with van der Waals surface area (Å²) in [5, 5.41) is 2.11. The first-order valence-corrected chi connectivity index (χ1v) is 7.94. The van der Waals surface area contributed by atoms with Crippen molar-refractivity contribution in [2.24, 2.45) is 0 Å². The third kappa shape index (κ3) is 3.12. The molecule has 0 spiro atoms. The van der Waals surface area contributed by atoms with E-state index in [-0.39, 0.29) is 11.2 Å². The molecule has 3 aromatic carbocycles. The third-order valence-electron chi connectivity index (χ3n) is 3.57. The maximum Gasteiger partial charge on any atom is 0.123 e. The van der Waals surface area contributed by atoms with Crippen LogP contribution in [0.25, 0.3) is 10.8 Å². The molecule has 0 bridgehead atoms. The summed E-state index contributed by atoms with van der Waals surface area (Å²) < 4.78 is 14.3. The summed E-state index contributed by atoms with van der Waals surface area (Å²) in [5.41, 5.74) is 1.95. The average Bonchev–Trinajstić information content (AvgIpc) is 2.50. The van der Waals surface area contributed by atoms with E-state index in [2.05, 4.69) is 40.2 Å². The molecule has 0 aliphatic heterocycles. The number of hydrogen-bond donors (Lipinski definition) is 0. The Hall–Kier alpha value is -1.38. The summed E-state index contributed by atoms with van der Waals surface area (Å²) >= 11 is 9.96. The van der Waals surface area contributed by atoms with Crippen molar-refractivity contribution < 1.29 is 4.39 Å². The van der Waals surface area contributed by atoms with Crippen LogP contribution in [-0.4, -0.2) is 0 Å². The number of rotatable bonds is 3. The van der Waals surface area contributed by atoms with Crippen molar-refractivity contribution in [3.8, 4) is 0 Å². The predicted octanol–water partition coefficient (Wildman–Crippen LogP) is 6.26. The summed E-state index contributed by atoms with van der Waals surface area (Å²) in [6, 6.07) is 19.0. The number of fused-ring (bicyclic) bond motifs is 1. The molecule has 1 unspecified atom stereocenters. The molecule has 106 valence electrons. The number of halogens is 3. The highest BCUT2D eigenvalue weighted by Gasteiger charge is 2.14. The van der Waals surface area contributed by atoms with Crippen molar-refractivity contribution in [3.05, 3.63) is 82.1 Å². The Labute approximate surface area is 136 Å². The van der Waals surface area contributed by atoms with Crippen LogP contribution in [0.1, 0.15) is 16.5 Å². The lowest BCUT2D eigenvalue weighted by atomic mass is 9.98. The van der Waals surface area contributed by atoms with E-state index in [1.165, 1.54) is 28.5 Å². The molecule has 3 aromatic rings. The van der Waals surface area contributed by atoms with Crippen molar-refractivity contribution >= 4 is 38.3 Å². The van der Waals surface area contributed by atoms with Crippen molar-refractivity contribution in [1.82, 2.24) is 0 Å². The second-order valence-corrected chi connectivity index (χ2v) is 6.36. The van der Waals surface area contributed by atoms with Crippen LogP contribution in [0.5, 0.6) is 0 Å². The molecule has 3 heteroatoms. The van der Waals surface area contributed by atoms with Gasteiger partial charge in [-0.25, -0.2) is 4.39 Å². The van der Waals surface area contributed by atoms with Crippen LogP contribution in [0, 0.1) is 5.82 Å². The van der Waals surface area contributed by atoms with Gasteiger partial charge in [-0.1, -0.05) is 58.4 Å². The number of alkyl halides is 1. The topological polar surface area (TPSA) is 0 Å². The molecule has 3 rings (SSSR count). The maximum atomic E-state index is 13.4. The maximum absolute atomic E-state index is 13.4. The molecule has 0 nitrogen and oxygen atoms in total. The van der Waals surface area contributed by atoms with Crippen LogP contribution in [0.15, 0.2) is 65.1 Å². The molecule has 0 saturated heterocycles. The highest BCUT2D eigenvalue weighted by molar-refractivity contribution is 9.10. The fourth-order valence-electron chi connectivity index (χ4n) is 2.53. The van der Waals surface area contributed by atoms with Crippen LogP contribution >= 0.6 is 27.5 Å². The molecular formula is C18H13BrClF. The molecule has 21 heavy (non-hydrogen) atoms. The van der Waals surface area contributed by atoms with E-state index in [0.717, 1.165) is 10.0 Å². The van der Waals surface area contributed by atoms with Gasteiger partial charge in [-0.2, -0.15) is 0 Å². The molecule has 0 amide bonds.